The Hall–Kier alpha value is -3.75. The molecule has 0 spiro atoms. The first-order valence-corrected chi connectivity index (χ1v) is 8.54. The minimum atomic E-state index is -1.75. The first-order chi connectivity index (χ1) is 13.8. The molecule has 0 bridgehead atoms. The lowest BCUT2D eigenvalue weighted by molar-refractivity contribution is 0.0143. The topological polar surface area (TPSA) is 150 Å². The van der Waals surface area contributed by atoms with Crippen molar-refractivity contribution < 1.29 is 23.5 Å². The van der Waals surface area contributed by atoms with Crippen LogP contribution in [-0.4, -0.2) is 56.0 Å². The summed E-state index contributed by atoms with van der Waals surface area (Å²) >= 11 is 0. The number of rotatable bonds is 5. The maximum Gasteiger partial charge on any atom is 0.407 e. The first kappa shape index (κ1) is 20.0. The summed E-state index contributed by atoms with van der Waals surface area (Å²) in [5.41, 5.74) is 4.06. The maximum absolute atomic E-state index is 15.1. The van der Waals surface area contributed by atoms with Crippen LogP contribution in [0.2, 0.25) is 0 Å². The van der Waals surface area contributed by atoms with Crippen LogP contribution in [0.1, 0.15) is 23.2 Å². The minimum absolute atomic E-state index is 0.0124. The number of amides is 2. The average molecular weight is 405 g/mol. The van der Waals surface area contributed by atoms with Crippen molar-refractivity contribution in [3.05, 3.63) is 36.0 Å². The van der Waals surface area contributed by atoms with Crippen LogP contribution in [0.5, 0.6) is 0 Å². The van der Waals surface area contributed by atoms with E-state index in [1.165, 1.54) is 18.5 Å². The third-order valence-corrected chi connectivity index (χ3v) is 4.86. The third-order valence-electron chi connectivity index (χ3n) is 4.86. The zero-order valence-corrected chi connectivity index (χ0v) is 15.0. The van der Waals surface area contributed by atoms with Gasteiger partial charge in [0.05, 0.1) is 19.0 Å². The molecular formula is C17H17F2N7O3. The molecule has 1 saturated heterocycles. The van der Waals surface area contributed by atoms with Gasteiger partial charge in [-0.05, 0) is 12.5 Å². The standard InChI is InChI=1S/C17H17F2N7O3/c18-12-9-25(16(28)29)6-3-17(12,2-4-20)26-8-11(14(21)27)15(24-26)23-10-1-5-22-13(19)7-10/h1,5,7-8,12H,2-3,6,9H2,(H2,21,27)(H,28,29)(H,22,23,24). The van der Waals surface area contributed by atoms with Gasteiger partial charge in [0, 0.05) is 30.7 Å². The molecule has 2 aromatic rings. The number of aromatic nitrogens is 3. The number of nitriles is 1. The summed E-state index contributed by atoms with van der Waals surface area (Å²) in [5.74, 6) is -1.67. The van der Waals surface area contributed by atoms with Crippen molar-refractivity contribution in [1.29, 1.82) is 5.26 Å². The molecule has 0 aliphatic carbocycles. The summed E-state index contributed by atoms with van der Waals surface area (Å²) in [6.07, 6.45) is -0.933. The van der Waals surface area contributed by atoms with Gasteiger partial charge in [-0.25, -0.2) is 14.2 Å². The number of halogens is 2. The average Bonchev–Trinajstić information content (AvgIpc) is 3.08. The number of hydrogen-bond acceptors (Lipinski definition) is 6. The van der Waals surface area contributed by atoms with Crippen molar-refractivity contribution >= 4 is 23.5 Å². The van der Waals surface area contributed by atoms with Gasteiger partial charge in [-0.3, -0.25) is 9.48 Å². The number of nitrogens with one attached hydrogen (secondary N) is 1. The Kier molecular flexibility index (Phi) is 5.31. The summed E-state index contributed by atoms with van der Waals surface area (Å²) in [6.45, 7) is -0.456. The summed E-state index contributed by atoms with van der Waals surface area (Å²) in [5, 5.41) is 25.3. The molecule has 1 fully saturated rings. The number of anilines is 2. The van der Waals surface area contributed by atoms with Crippen LogP contribution in [0, 0.1) is 17.3 Å². The molecule has 2 atom stereocenters. The smallest absolute Gasteiger partial charge is 0.407 e. The van der Waals surface area contributed by atoms with Crippen molar-refractivity contribution in [1.82, 2.24) is 19.7 Å². The van der Waals surface area contributed by atoms with E-state index >= 15 is 4.39 Å². The van der Waals surface area contributed by atoms with Crippen molar-refractivity contribution in [3.63, 3.8) is 0 Å². The van der Waals surface area contributed by atoms with Crippen LogP contribution in [0.15, 0.2) is 24.5 Å². The Labute approximate surface area is 163 Å². The van der Waals surface area contributed by atoms with Gasteiger partial charge in [0.25, 0.3) is 5.91 Å². The third kappa shape index (κ3) is 3.79. The Balaban J connectivity index is 2.01. The second-order valence-electron chi connectivity index (χ2n) is 6.58. The Morgan fingerprint density at radius 3 is 2.86 bits per heavy atom. The fraction of sp³-hybridized carbons (Fsp3) is 0.353. The number of nitrogens with two attached hydrogens (primary N) is 1. The van der Waals surface area contributed by atoms with E-state index in [-0.39, 0.29) is 36.5 Å². The highest BCUT2D eigenvalue weighted by Crippen LogP contribution is 2.37. The fourth-order valence-electron chi connectivity index (χ4n) is 3.28. The lowest BCUT2D eigenvalue weighted by atomic mass is 9.83. The highest BCUT2D eigenvalue weighted by molar-refractivity contribution is 5.98. The Morgan fingerprint density at radius 2 is 2.28 bits per heavy atom. The van der Waals surface area contributed by atoms with Crippen molar-refractivity contribution in [2.24, 2.45) is 5.73 Å². The van der Waals surface area contributed by atoms with Gasteiger partial charge in [-0.2, -0.15) is 14.8 Å². The van der Waals surface area contributed by atoms with Crippen LogP contribution >= 0.6 is 0 Å². The number of likely N-dealkylation sites (tertiary alicyclic amines) is 1. The summed E-state index contributed by atoms with van der Waals surface area (Å²) < 4.78 is 29.6. The number of carboxylic acid groups (broad SMARTS) is 1. The van der Waals surface area contributed by atoms with Gasteiger partial charge >= 0.3 is 6.09 Å². The minimum Gasteiger partial charge on any atom is -0.465 e. The first-order valence-electron chi connectivity index (χ1n) is 8.54. The quantitative estimate of drug-likeness (QED) is 0.639. The van der Waals surface area contributed by atoms with Crippen LogP contribution in [0.3, 0.4) is 0 Å². The van der Waals surface area contributed by atoms with Crippen molar-refractivity contribution in [2.75, 3.05) is 18.4 Å². The van der Waals surface area contributed by atoms with Crippen LogP contribution < -0.4 is 11.1 Å². The zero-order valence-electron chi connectivity index (χ0n) is 15.0. The van der Waals surface area contributed by atoms with Crippen LogP contribution in [0.25, 0.3) is 0 Å². The van der Waals surface area contributed by atoms with Gasteiger partial charge in [-0.1, -0.05) is 0 Å². The molecule has 152 valence electrons. The normalized spacial score (nSPS) is 21.4. The zero-order chi connectivity index (χ0) is 21.2. The SMILES string of the molecule is N#CCC1(n2cc(C(N)=O)c(Nc3ccnc(F)c3)n2)CCN(C(=O)O)CC1F. The van der Waals surface area contributed by atoms with Gasteiger partial charge in [0.1, 0.15) is 17.3 Å². The fourth-order valence-corrected chi connectivity index (χ4v) is 3.28. The molecule has 3 heterocycles. The van der Waals surface area contributed by atoms with E-state index in [1.807, 2.05) is 6.07 Å². The van der Waals surface area contributed by atoms with E-state index in [1.54, 1.807) is 0 Å². The van der Waals surface area contributed by atoms with Crippen LogP contribution in [0.4, 0.5) is 25.1 Å². The number of alkyl halides is 1. The molecule has 1 aliphatic heterocycles. The number of hydrogen-bond donors (Lipinski definition) is 3. The molecule has 29 heavy (non-hydrogen) atoms. The number of primary amides is 1. The molecule has 3 rings (SSSR count). The van der Waals surface area contributed by atoms with Crippen molar-refractivity contribution in [3.8, 4) is 6.07 Å². The molecule has 2 aromatic heterocycles. The molecule has 2 unspecified atom stereocenters. The largest absolute Gasteiger partial charge is 0.465 e. The van der Waals surface area contributed by atoms with Gasteiger partial charge < -0.3 is 21.1 Å². The van der Waals surface area contributed by atoms with E-state index in [0.29, 0.717) is 0 Å². The van der Waals surface area contributed by atoms with Crippen LogP contribution in [-0.2, 0) is 5.54 Å². The molecule has 4 N–H and O–H groups in total. The van der Waals surface area contributed by atoms with Gasteiger partial charge in [0.2, 0.25) is 5.95 Å². The van der Waals surface area contributed by atoms with E-state index in [4.69, 9.17) is 10.8 Å². The van der Waals surface area contributed by atoms with E-state index in [9.17, 15) is 19.2 Å². The maximum atomic E-state index is 15.1. The summed E-state index contributed by atoms with van der Waals surface area (Å²) in [4.78, 5) is 27.3. The summed E-state index contributed by atoms with van der Waals surface area (Å²) in [6, 6.07) is 4.40. The Morgan fingerprint density at radius 1 is 1.52 bits per heavy atom. The second kappa shape index (κ2) is 7.70. The van der Waals surface area contributed by atoms with E-state index < -0.39 is 36.2 Å². The van der Waals surface area contributed by atoms with E-state index in [0.717, 1.165) is 15.6 Å². The molecule has 0 aromatic carbocycles. The number of piperidine rings is 1. The molecule has 1 aliphatic rings. The number of nitrogens with zero attached hydrogens (tertiary/aromatic N) is 5. The van der Waals surface area contributed by atoms with E-state index in [2.05, 4.69) is 15.4 Å². The molecule has 0 radical (unpaired) electrons. The van der Waals surface area contributed by atoms with Crippen molar-refractivity contribution in [2.45, 2.75) is 24.6 Å². The molecule has 12 heteroatoms. The molecule has 10 nitrogen and oxygen atoms in total. The lowest BCUT2D eigenvalue weighted by Gasteiger charge is -2.42. The second-order valence-corrected chi connectivity index (χ2v) is 6.58. The number of carbonyl (C=O) groups is 2. The molecule has 0 saturated carbocycles. The number of carbonyl (C=O) groups excluding carboxylic acids is 1. The molecular weight excluding hydrogens is 388 g/mol. The predicted octanol–water partition coefficient (Wildman–Crippen LogP) is 1.59. The summed E-state index contributed by atoms with van der Waals surface area (Å²) in [7, 11) is 0. The highest BCUT2D eigenvalue weighted by atomic mass is 19.1. The molecule has 2 amide bonds. The monoisotopic (exact) mass is 405 g/mol. The predicted molar refractivity (Wildman–Crippen MR) is 95.5 cm³/mol. The Bertz CT molecular complexity index is 990. The van der Waals surface area contributed by atoms with Gasteiger partial charge in [0.15, 0.2) is 5.82 Å². The lowest BCUT2D eigenvalue weighted by Crippen LogP contribution is -2.56. The van der Waals surface area contributed by atoms with Gasteiger partial charge in [-0.15, -0.1) is 0 Å². The highest BCUT2D eigenvalue weighted by Gasteiger charge is 2.47. The number of pyridine rings is 1.